The molecule has 1 aromatic carbocycles. The first-order chi connectivity index (χ1) is 15.3. The van der Waals surface area contributed by atoms with Crippen LogP contribution >= 0.6 is 0 Å². The molecule has 3 atom stereocenters. The molecule has 1 aliphatic rings. The molecule has 2 bridgehead atoms. The molecule has 2 heterocycles. The van der Waals surface area contributed by atoms with E-state index in [0.717, 1.165) is 42.3 Å². The van der Waals surface area contributed by atoms with E-state index in [9.17, 15) is 24.6 Å². The number of hydrogen-bond acceptors (Lipinski definition) is 4. The third-order valence-electron chi connectivity index (χ3n) is 6.00. The van der Waals surface area contributed by atoms with Gasteiger partial charge in [0, 0.05) is 36.6 Å². The molecule has 0 aliphatic carbocycles. The zero-order valence-electron chi connectivity index (χ0n) is 18.7. The van der Waals surface area contributed by atoms with Crippen molar-refractivity contribution in [3.63, 3.8) is 0 Å². The molecule has 2 amide bonds. The minimum absolute atomic E-state index is 0.00265. The second kappa shape index (κ2) is 10.6. The van der Waals surface area contributed by atoms with Gasteiger partial charge < -0.3 is 25.4 Å². The standard InChI is InChI=1S/C24H33N3O5/c1-15(2)12-18(21(28)24(31)32)22(29)26-19-13-16-14-27(20-9-5-4-8-17(16)20)11-7-3-6-10-25-23(19)30/h4-5,8-9,14-15,18-19,21,28H,3,6-7,10-13H2,1-2H3,(H,25,30)(H,26,29)(H,31,32)/t18-,19+,21+/m1/s1. The van der Waals surface area contributed by atoms with Crippen molar-refractivity contribution in [3.8, 4) is 0 Å². The molecule has 174 valence electrons. The molecular weight excluding hydrogens is 410 g/mol. The second-order valence-electron chi connectivity index (χ2n) is 9.00. The van der Waals surface area contributed by atoms with Crippen LogP contribution < -0.4 is 10.6 Å². The number of nitrogens with one attached hydrogen (secondary N) is 2. The average molecular weight is 444 g/mol. The van der Waals surface area contributed by atoms with Crippen LogP contribution in [0.15, 0.2) is 30.5 Å². The predicted octanol–water partition coefficient (Wildman–Crippen LogP) is 2.08. The summed E-state index contributed by atoms with van der Waals surface area (Å²) in [5, 5.41) is 26.0. The van der Waals surface area contributed by atoms with Gasteiger partial charge in [0.25, 0.3) is 0 Å². The van der Waals surface area contributed by atoms with E-state index in [1.54, 1.807) is 0 Å². The van der Waals surface area contributed by atoms with Gasteiger partial charge in [-0.25, -0.2) is 4.79 Å². The molecule has 1 aliphatic heterocycles. The molecule has 0 spiro atoms. The van der Waals surface area contributed by atoms with Crippen molar-refractivity contribution in [2.45, 2.75) is 64.6 Å². The Labute approximate surface area is 188 Å². The number of hydrogen-bond donors (Lipinski definition) is 4. The summed E-state index contributed by atoms with van der Waals surface area (Å²) < 4.78 is 2.19. The Balaban J connectivity index is 1.90. The minimum Gasteiger partial charge on any atom is -0.479 e. The van der Waals surface area contributed by atoms with Crippen molar-refractivity contribution in [1.29, 1.82) is 0 Å². The molecule has 0 unspecified atom stereocenters. The number of aliphatic hydroxyl groups is 1. The molecule has 0 radical (unpaired) electrons. The first-order valence-corrected chi connectivity index (χ1v) is 11.3. The number of benzene rings is 1. The monoisotopic (exact) mass is 443 g/mol. The molecule has 0 fully saturated rings. The normalized spacial score (nSPS) is 19.5. The van der Waals surface area contributed by atoms with Crippen molar-refractivity contribution in [1.82, 2.24) is 15.2 Å². The Hall–Kier alpha value is -2.87. The van der Waals surface area contributed by atoms with Crippen LogP contribution in [0.4, 0.5) is 0 Å². The van der Waals surface area contributed by atoms with E-state index in [4.69, 9.17) is 0 Å². The van der Waals surface area contributed by atoms with E-state index in [2.05, 4.69) is 15.2 Å². The summed E-state index contributed by atoms with van der Waals surface area (Å²) in [6.45, 7) is 5.11. The molecule has 4 N–H and O–H groups in total. The van der Waals surface area contributed by atoms with Gasteiger partial charge in [0.1, 0.15) is 6.04 Å². The zero-order valence-corrected chi connectivity index (χ0v) is 18.7. The Morgan fingerprint density at radius 3 is 2.69 bits per heavy atom. The highest BCUT2D eigenvalue weighted by atomic mass is 16.4. The number of aliphatic hydroxyl groups excluding tert-OH is 1. The van der Waals surface area contributed by atoms with Gasteiger partial charge >= 0.3 is 5.97 Å². The summed E-state index contributed by atoms with van der Waals surface area (Å²) in [6.07, 6.45) is 3.52. The van der Waals surface area contributed by atoms with E-state index in [1.165, 1.54) is 0 Å². The number of para-hydroxylation sites is 1. The number of carboxylic acid groups (broad SMARTS) is 1. The minimum atomic E-state index is -1.83. The fraction of sp³-hybridized carbons (Fsp3) is 0.542. The summed E-state index contributed by atoms with van der Waals surface area (Å²) in [7, 11) is 0. The number of nitrogens with zero attached hydrogens (tertiary/aromatic N) is 1. The molecule has 8 nitrogen and oxygen atoms in total. The highest BCUT2D eigenvalue weighted by molar-refractivity contribution is 5.92. The maximum absolute atomic E-state index is 13.0. The fourth-order valence-electron chi connectivity index (χ4n) is 4.36. The number of fused-ring (bicyclic) bond motifs is 5. The van der Waals surface area contributed by atoms with Gasteiger partial charge in [0.15, 0.2) is 6.10 Å². The van der Waals surface area contributed by atoms with Crippen LogP contribution in [0.2, 0.25) is 0 Å². The van der Waals surface area contributed by atoms with E-state index in [-0.39, 0.29) is 24.7 Å². The van der Waals surface area contributed by atoms with E-state index < -0.39 is 29.9 Å². The van der Waals surface area contributed by atoms with Crippen LogP contribution in [0.3, 0.4) is 0 Å². The lowest BCUT2D eigenvalue weighted by molar-refractivity contribution is -0.154. The quantitative estimate of drug-likeness (QED) is 0.545. The lowest BCUT2D eigenvalue weighted by atomic mass is 9.90. The van der Waals surface area contributed by atoms with E-state index in [0.29, 0.717) is 6.54 Å². The maximum Gasteiger partial charge on any atom is 0.333 e. The molecular formula is C24H33N3O5. The van der Waals surface area contributed by atoms with Gasteiger partial charge in [-0.1, -0.05) is 32.0 Å². The van der Waals surface area contributed by atoms with Crippen LogP contribution in [-0.4, -0.2) is 51.3 Å². The number of carboxylic acids is 1. The highest BCUT2D eigenvalue weighted by Crippen LogP contribution is 2.24. The fourth-order valence-corrected chi connectivity index (χ4v) is 4.36. The summed E-state index contributed by atoms with van der Waals surface area (Å²) in [5.74, 6) is -3.50. The van der Waals surface area contributed by atoms with Crippen LogP contribution in [0.25, 0.3) is 10.9 Å². The average Bonchev–Trinajstić information content (AvgIpc) is 3.10. The number of aromatic nitrogens is 1. The van der Waals surface area contributed by atoms with Crippen molar-refractivity contribution >= 4 is 28.7 Å². The van der Waals surface area contributed by atoms with Crippen LogP contribution in [-0.2, 0) is 27.3 Å². The SMILES string of the molecule is CC(C)C[C@@H](C(=O)N[C@H]1Cc2cn(c3ccccc23)CCCCCNC1=O)[C@H](O)C(=O)O. The molecule has 3 rings (SSSR count). The van der Waals surface area contributed by atoms with Crippen molar-refractivity contribution < 1.29 is 24.6 Å². The molecule has 2 aromatic rings. The zero-order chi connectivity index (χ0) is 23.3. The number of carbonyl (C=O) groups excluding carboxylic acids is 2. The number of amides is 2. The van der Waals surface area contributed by atoms with Crippen LogP contribution in [0.1, 0.15) is 45.1 Å². The number of carbonyl (C=O) groups is 3. The predicted molar refractivity (Wildman–Crippen MR) is 121 cm³/mol. The van der Waals surface area contributed by atoms with Gasteiger partial charge in [-0.2, -0.15) is 0 Å². The van der Waals surface area contributed by atoms with Gasteiger partial charge in [0.05, 0.1) is 5.92 Å². The Morgan fingerprint density at radius 2 is 1.97 bits per heavy atom. The van der Waals surface area contributed by atoms with Crippen molar-refractivity contribution in [2.75, 3.05) is 6.54 Å². The second-order valence-corrected chi connectivity index (χ2v) is 9.00. The summed E-state index contributed by atoms with van der Waals surface area (Å²) in [4.78, 5) is 37.3. The molecule has 8 heteroatoms. The topological polar surface area (TPSA) is 121 Å². The van der Waals surface area contributed by atoms with E-state index >= 15 is 0 Å². The van der Waals surface area contributed by atoms with Gasteiger partial charge in [0.2, 0.25) is 11.8 Å². The lowest BCUT2D eigenvalue weighted by Crippen LogP contribution is -2.52. The first-order valence-electron chi connectivity index (χ1n) is 11.3. The third-order valence-corrected chi connectivity index (χ3v) is 6.00. The Kier molecular flexibility index (Phi) is 7.90. The third kappa shape index (κ3) is 5.68. The smallest absolute Gasteiger partial charge is 0.333 e. The first kappa shape index (κ1) is 23.8. The van der Waals surface area contributed by atoms with Crippen LogP contribution in [0.5, 0.6) is 0 Å². The summed E-state index contributed by atoms with van der Waals surface area (Å²) in [6, 6.07) is 7.12. The highest BCUT2D eigenvalue weighted by Gasteiger charge is 2.35. The van der Waals surface area contributed by atoms with Gasteiger partial charge in [-0.05, 0) is 43.2 Å². The number of aryl methyl sites for hydroxylation is 1. The largest absolute Gasteiger partial charge is 0.479 e. The van der Waals surface area contributed by atoms with Gasteiger partial charge in [-0.3, -0.25) is 9.59 Å². The number of aliphatic carboxylic acids is 1. The number of rotatable bonds is 6. The summed E-state index contributed by atoms with van der Waals surface area (Å²) in [5.41, 5.74) is 2.03. The van der Waals surface area contributed by atoms with E-state index in [1.807, 2.05) is 44.3 Å². The Bertz CT molecular complexity index is 968. The van der Waals surface area contributed by atoms with Gasteiger partial charge in [-0.15, -0.1) is 0 Å². The molecule has 0 saturated heterocycles. The summed E-state index contributed by atoms with van der Waals surface area (Å²) >= 11 is 0. The van der Waals surface area contributed by atoms with Crippen LogP contribution in [0, 0.1) is 11.8 Å². The maximum atomic E-state index is 13.0. The van der Waals surface area contributed by atoms with Crippen molar-refractivity contribution in [2.24, 2.45) is 11.8 Å². The molecule has 0 saturated carbocycles. The Morgan fingerprint density at radius 1 is 1.22 bits per heavy atom. The lowest BCUT2D eigenvalue weighted by Gasteiger charge is -2.25. The van der Waals surface area contributed by atoms with Crippen molar-refractivity contribution in [3.05, 3.63) is 36.0 Å². The molecule has 32 heavy (non-hydrogen) atoms. The molecule has 1 aromatic heterocycles.